The molecule has 1 aromatic carbocycles. The van der Waals surface area contributed by atoms with Crippen LogP contribution < -0.4 is 10.7 Å². The summed E-state index contributed by atoms with van der Waals surface area (Å²) >= 11 is 1.43. The number of hydrogen-bond acceptors (Lipinski definition) is 4. The molecule has 3 aromatic rings. The Morgan fingerprint density at radius 1 is 1.22 bits per heavy atom. The lowest BCUT2D eigenvalue weighted by Gasteiger charge is -2.16. The molecule has 0 aliphatic carbocycles. The van der Waals surface area contributed by atoms with Gasteiger partial charge in [-0.25, -0.2) is 4.68 Å². The monoisotopic (exact) mass is 393 g/mol. The van der Waals surface area contributed by atoms with Crippen molar-refractivity contribution in [2.45, 2.75) is 19.6 Å². The molecule has 0 fully saturated rings. The molecule has 0 spiro atoms. The van der Waals surface area contributed by atoms with E-state index in [2.05, 4.69) is 10.4 Å². The lowest BCUT2D eigenvalue weighted by molar-refractivity contribution is -0.137. The average molecular weight is 393 g/mol. The molecule has 0 aliphatic rings. The topological polar surface area (TPSA) is 64.0 Å². The van der Waals surface area contributed by atoms with Gasteiger partial charge in [-0.3, -0.25) is 9.59 Å². The lowest BCUT2D eigenvalue weighted by atomic mass is 10.1. The number of nitrogens with zero attached hydrogens (tertiary/aromatic N) is 2. The number of aryl methyl sites for hydroxylation is 1. The van der Waals surface area contributed by atoms with E-state index in [1.807, 2.05) is 17.5 Å². The zero-order valence-electron chi connectivity index (χ0n) is 14.1. The number of alkyl halides is 3. The Bertz CT molecular complexity index is 1030. The van der Waals surface area contributed by atoms with Gasteiger partial charge in [0.25, 0.3) is 5.91 Å². The third-order valence-corrected chi connectivity index (χ3v) is 4.64. The van der Waals surface area contributed by atoms with Crippen LogP contribution in [0.3, 0.4) is 0 Å². The van der Waals surface area contributed by atoms with Crippen LogP contribution in [0.4, 0.5) is 13.2 Å². The Hall–Kier alpha value is -2.94. The van der Waals surface area contributed by atoms with E-state index >= 15 is 0 Å². The Morgan fingerprint density at radius 3 is 2.63 bits per heavy atom. The quantitative estimate of drug-likeness (QED) is 0.737. The van der Waals surface area contributed by atoms with Crippen molar-refractivity contribution in [1.29, 1.82) is 0 Å². The number of carbonyl (C=O) groups excluding carboxylic acids is 1. The number of nitrogens with one attached hydrogen (secondary N) is 1. The molecule has 3 rings (SSSR count). The van der Waals surface area contributed by atoms with Crippen molar-refractivity contribution in [1.82, 2.24) is 15.1 Å². The number of halogens is 3. The summed E-state index contributed by atoms with van der Waals surface area (Å²) in [5, 5.41) is 8.31. The smallest absolute Gasteiger partial charge is 0.346 e. The number of rotatable bonds is 4. The molecule has 1 amide bonds. The maximum atomic E-state index is 13.3. The van der Waals surface area contributed by atoms with Crippen molar-refractivity contribution < 1.29 is 18.0 Å². The molecule has 9 heteroatoms. The summed E-state index contributed by atoms with van der Waals surface area (Å²) < 4.78 is 40.9. The SMILES string of the molecule is Cc1cc(=O)c(C(=O)NCc2cccs2)nn1-c1ccccc1C(F)(F)F. The van der Waals surface area contributed by atoms with Crippen LogP contribution in [0, 0.1) is 6.92 Å². The first kappa shape index (κ1) is 18.8. The van der Waals surface area contributed by atoms with Gasteiger partial charge in [-0.05, 0) is 30.5 Å². The second-order valence-corrected chi connectivity index (χ2v) is 6.72. The van der Waals surface area contributed by atoms with Gasteiger partial charge in [-0.15, -0.1) is 11.3 Å². The molecule has 0 radical (unpaired) electrons. The van der Waals surface area contributed by atoms with Crippen LogP contribution in [0.15, 0.2) is 52.6 Å². The third-order valence-electron chi connectivity index (χ3n) is 3.76. The number of benzene rings is 1. The standard InChI is InChI=1S/C18H14F3N3O2S/c1-11-9-15(25)16(17(26)22-10-12-5-4-8-27-12)23-24(11)14-7-3-2-6-13(14)18(19,20)21/h2-9H,10H2,1H3,(H,22,26). The van der Waals surface area contributed by atoms with Gasteiger partial charge >= 0.3 is 6.18 Å². The average Bonchev–Trinajstić information content (AvgIpc) is 3.12. The van der Waals surface area contributed by atoms with Crippen LogP contribution in [0.5, 0.6) is 0 Å². The van der Waals surface area contributed by atoms with Gasteiger partial charge in [0.2, 0.25) is 5.43 Å². The number of carbonyl (C=O) groups is 1. The van der Waals surface area contributed by atoms with E-state index in [0.717, 1.165) is 21.7 Å². The second kappa shape index (κ2) is 7.36. The van der Waals surface area contributed by atoms with Gasteiger partial charge in [-0.2, -0.15) is 18.3 Å². The van der Waals surface area contributed by atoms with Gasteiger partial charge in [-0.1, -0.05) is 18.2 Å². The number of amides is 1. The molecule has 5 nitrogen and oxygen atoms in total. The molecular weight excluding hydrogens is 379 g/mol. The maximum absolute atomic E-state index is 13.3. The summed E-state index contributed by atoms with van der Waals surface area (Å²) in [5.41, 5.74) is -2.10. The molecule has 0 unspecified atom stereocenters. The number of thiophene rings is 1. The van der Waals surface area contributed by atoms with Gasteiger partial charge < -0.3 is 5.32 Å². The van der Waals surface area contributed by atoms with Crippen molar-refractivity contribution in [3.8, 4) is 5.69 Å². The van der Waals surface area contributed by atoms with E-state index in [0.29, 0.717) is 0 Å². The highest BCUT2D eigenvalue weighted by Gasteiger charge is 2.34. The van der Waals surface area contributed by atoms with E-state index in [1.165, 1.54) is 36.5 Å². The fraction of sp³-hybridized carbons (Fsp3) is 0.167. The van der Waals surface area contributed by atoms with Crippen molar-refractivity contribution in [3.63, 3.8) is 0 Å². The summed E-state index contributed by atoms with van der Waals surface area (Å²) in [6.07, 6.45) is -4.60. The van der Waals surface area contributed by atoms with Crippen LogP contribution in [-0.4, -0.2) is 15.7 Å². The molecule has 2 aromatic heterocycles. The van der Waals surface area contributed by atoms with Gasteiger partial charge in [0.1, 0.15) is 0 Å². The summed E-state index contributed by atoms with van der Waals surface area (Å²) in [6, 6.07) is 9.58. The summed E-state index contributed by atoms with van der Waals surface area (Å²) in [6.45, 7) is 1.65. The summed E-state index contributed by atoms with van der Waals surface area (Å²) in [7, 11) is 0. The van der Waals surface area contributed by atoms with E-state index in [9.17, 15) is 22.8 Å². The fourth-order valence-electron chi connectivity index (χ4n) is 2.51. The highest BCUT2D eigenvalue weighted by molar-refractivity contribution is 7.09. The molecule has 0 saturated carbocycles. The normalized spacial score (nSPS) is 11.4. The zero-order valence-corrected chi connectivity index (χ0v) is 14.9. The van der Waals surface area contributed by atoms with E-state index in [1.54, 1.807) is 0 Å². The van der Waals surface area contributed by atoms with Gasteiger partial charge in [0, 0.05) is 16.6 Å². The molecule has 27 heavy (non-hydrogen) atoms. The number of hydrogen-bond donors (Lipinski definition) is 1. The highest BCUT2D eigenvalue weighted by atomic mass is 32.1. The van der Waals surface area contributed by atoms with Crippen molar-refractivity contribution >= 4 is 17.2 Å². The van der Waals surface area contributed by atoms with Crippen LogP contribution in [0.1, 0.15) is 26.6 Å². The fourth-order valence-corrected chi connectivity index (χ4v) is 3.16. The van der Waals surface area contributed by atoms with Crippen LogP contribution in [0.2, 0.25) is 0 Å². The van der Waals surface area contributed by atoms with E-state index in [4.69, 9.17) is 0 Å². The first-order chi connectivity index (χ1) is 12.8. The molecule has 0 saturated heterocycles. The van der Waals surface area contributed by atoms with E-state index < -0.39 is 28.8 Å². The van der Waals surface area contributed by atoms with Gasteiger partial charge in [0.15, 0.2) is 5.69 Å². The Morgan fingerprint density at radius 2 is 1.96 bits per heavy atom. The minimum absolute atomic E-state index is 0.187. The first-order valence-corrected chi connectivity index (χ1v) is 8.73. The largest absolute Gasteiger partial charge is 0.418 e. The number of aromatic nitrogens is 2. The first-order valence-electron chi connectivity index (χ1n) is 7.85. The molecular formula is C18H14F3N3O2S. The molecule has 0 aliphatic heterocycles. The minimum atomic E-state index is -4.60. The number of para-hydroxylation sites is 1. The minimum Gasteiger partial charge on any atom is -0.346 e. The predicted molar refractivity (Wildman–Crippen MR) is 95.1 cm³/mol. The maximum Gasteiger partial charge on any atom is 0.418 e. The molecule has 1 N–H and O–H groups in total. The van der Waals surface area contributed by atoms with Crippen molar-refractivity contribution in [3.05, 3.63) is 79.9 Å². The third kappa shape index (κ3) is 4.08. The van der Waals surface area contributed by atoms with Crippen molar-refractivity contribution in [2.24, 2.45) is 0 Å². The molecule has 140 valence electrons. The molecule has 2 heterocycles. The Kier molecular flexibility index (Phi) is 5.13. The predicted octanol–water partition coefficient (Wildman–Crippen LogP) is 3.55. The summed E-state index contributed by atoms with van der Waals surface area (Å²) in [4.78, 5) is 25.4. The second-order valence-electron chi connectivity index (χ2n) is 5.69. The lowest BCUT2D eigenvalue weighted by Crippen LogP contribution is -2.31. The molecule has 0 atom stereocenters. The summed E-state index contributed by atoms with van der Waals surface area (Å²) in [5.74, 6) is -0.744. The van der Waals surface area contributed by atoms with Crippen LogP contribution in [-0.2, 0) is 12.7 Å². The van der Waals surface area contributed by atoms with Crippen LogP contribution in [0.25, 0.3) is 5.69 Å². The highest BCUT2D eigenvalue weighted by Crippen LogP contribution is 2.33. The Labute approximate surface area is 156 Å². The van der Waals surface area contributed by atoms with Gasteiger partial charge in [0.05, 0.1) is 17.8 Å². The van der Waals surface area contributed by atoms with Crippen molar-refractivity contribution in [2.75, 3.05) is 0 Å². The zero-order chi connectivity index (χ0) is 19.6. The van der Waals surface area contributed by atoms with Crippen LogP contribution >= 0.6 is 11.3 Å². The Balaban J connectivity index is 2.00. The molecule has 0 bridgehead atoms. The van der Waals surface area contributed by atoms with E-state index in [-0.39, 0.29) is 17.9 Å².